The molecule has 0 amide bonds. The molecule has 0 rings (SSSR count). The molecule has 1 N–H and O–H groups in total. The molecule has 0 aromatic heterocycles. The SMILES string of the molecule is CCCCCCCCCCCCCCCCCCCCOP(=O)(O)OCC[N+](C)(C)C. The zero-order chi connectivity index (χ0) is 23.3. The molecule has 0 spiro atoms. The maximum Gasteiger partial charge on any atom is 0.472 e. The van der Waals surface area contributed by atoms with Crippen LogP contribution in [0.5, 0.6) is 0 Å². The van der Waals surface area contributed by atoms with Crippen molar-refractivity contribution in [2.75, 3.05) is 40.9 Å². The van der Waals surface area contributed by atoms with Crippen LogP contribution in [0, 0.1) is 0 Å². The van der Waals surface area contributed by atoms with Crippen molar-refractivity contribution >= 4 is 7.82 Å². The Hall–Kier alpha value is 0.0700. The predicted molar refractivity (Wildman–Crippen MR) is 133 cm³/mol. The van der Waals surface area contributed by atoms with Gasteiger partial charge >= 0.3 is 7.82 Å². The van der Waals surface area contributed by atoms with Gasteiger partial charge < -0.3 is 9.38 Å². The molecule has 6 heteroatoms. The highest BCUT2D eigenvalue weighted by Gasteiger charge is 2.21. The Balaban J connectivity index is 3.25. The molecule has 0 bridgehead atoms. The van der Waals surface area contributed by atoms with Gasteiger partial charge in [-0.1, -0.05) is 116 Å². The molecule has 0 heterocycles. The van der Waals surface area contributed by atoms with E-state index in [4.69, 9.17) is 9.05 Å². The summed E-state index contributed by atoms with van der Waals surface area (Å²) >= 11 is 0. The lowest BCUT2D eigenvalue weighted by Crippen LogP contribution is -2.37. The van der Waals surface area contributed by atoms with Crippen molar-refractivity contribution in [1.82, 2.24) is 0 Å². The Kier molecular flexibility index (Phi) is 20.7. The van der Waals surface area contributed by atoms with E-state index in [1.165, 1.54) is 103 Å². The Labute approximate surface area is 194 Å². The van der Waals surface area contributed by atoms with Crippen LogP contribution in [-0.4, -0.2) is 50.3 Å². The van der Waals surface area contributed by atoms with E-state index >= 15 is 0 Å². The minimum Gasteiger partial charge on any atom is -0.329 e. The summed E-state index contributed by atoms with van der Waals surface area (Å²) in [6.07, 6.45) is 23.9. The van der Waals surface area contributed by atoms with Gasteiger partial charge in [0.1, 0.15) is 13.2 Å². The number of rotatable bonds is 24. The van der Waals surface area contributed by atoms with E-state index < -0.39 is 7.82 Å². The van der Waals surface area contributed by atoms with E-state index in [2.05, 4.69) is 6.92 Å². The molecule has 0 aliphatic carbocycles. The summed E-state index contributed by atoms with van der Waals surface area (Å²) in [5.74, 6) is 0. The Morgan fingerprint density at radius 1 is 0.581 bits per heavy atom. The van der Waals surface area contributed by atoms with Gasteiger partial charge in [-0.2, -0.15) is 0 Å². The molecule has 0 saturated heterocycles. The van der Waals surface area contributed by atoms with Gasteiger partial charge in [0.15, 0.2) is 0 Å². The lowest BCUT2D eigenvalue weighted by Gasteiger charge is -2.24. The topological polar surface area (TPSA) is 55.8 Å². The molecule has 188 valence electrons. The molecule has 5 nitrogen and oxygen atoms in total. The van der Waals surface area contributed by atoms with Gasteiger partial charge in [-0.25, -0.2) is 4.57 Å². The van der Waals surface area contributed by atoms with E-state index in [0.29, 0.717) is 17.6 Å². The van der Waals surface area contributed by atoms with Crippen LogP contribution >= 0.6 is 7.82 Å². The Morgan fingerprint density at radius 2 is 0.903 bits per heavy atom. The first-order chi connectivity index (χ1) is 14.8. The number of quaternary nitrogens is 1. The number of phosphoric acid groups is 1. The fourth-order valence-electron chi connectivity index (χ4n) is 3.65. The molecule has 0 radical (unpaired) electrons. The zero-order valence-electron chi connectivity index (χ0n) is 21.4. The summed E-state index contributed by atoms with van der Waals surface area (Å²) in [5.41, 5.74) is 0. The third-order valence-corrected chi connectivity index (χ3v) is 6.79. The van der Waals surface area contributed by atoms with Gasteiger partial charge in [0, 0.05) is 0 Å². The number of nitrogens with zero attached hydrogens (tertiary/aromatic N) is 1. The highest BCUT2D eigenvalue weighted by atomic mass is 31.2. The minimum atomic E-state index is -3.88. The van der Waals surface area contributed by atoms with Crippen LogP contribution in [0.15, 0.2) is 0 Å². The van der Waals surface area contributed by atoms with Crippen LogP contribution in [0.25, 0.3) is 0 Å². The van der Waals surface area contributed by atoms with E-state index in [9.17, 15) is 9.46 Å². The van der Waals surface area contributed by atoms with Crippen molar-refractivity contribution in [2.45, 2.75) is 122 Å². The molecule has 31 heavy (non-hydrogen) atoms. The molecule has 0 aliphatic heterocycles. The van der Waals surface area contributed by atoms with E-state index in [1.807, 2.05) is 21.1 Å². The van der Waals surface area contributed by atoms with E-state index in [1.54, 1.807) is 0 Å². The molecule has 0 aromatic carbocycles. The second kappa shape index (κ2) is 20.7. The smallest absolute Gasteiger partial charge is 0.329 e. The number of likely N-dealkylation sites (N-methyl/N-ethyl adjacent to an activating group) is 1. The first kappa shape index (κ1) is 31.1. The van der Waals surface area contributed by atoms with Crippen LogP contribution in [0.1, 0.15) is 122 Å². The normalized spacial score (nSPS) is 14.1. The minimum absolute atomic E-state index is 0.233. The van der Waals surface area contributed by atoms with Gasteiger partial charge in [-0.15, -0.1) is 0 Å². The zero-order valence-corrected chi connectivity index (χ0v) is 22.3. The van der Waals surface area contributed by atoms with Crippen LogP contribution in [-0.2, 0) is 13.6 Å². The molecule has 1 unspecified atom stereocenters. The fourth-order valence-corrected chi connectivity index (χ4v) is 4.40. The lowest BCUT2D eigenvalue weighted by molar-refractivity contribution is -0.870. The third-order valence-electron chi connectivity index (χ3n) is 5.77. The Bertz CT molecular complexity index is 426. The summed E-state index contributed by atoms with van der Waals surface area (Å²) in [6, 6.07) is 0. The molecular weight excluding hydrogens is 409 g/mol. The first-order valence-electron chi connectivity index (χ1n) is 13.2. The quantitative estimate of drug-likeness (QED) is 0.0897. The van der Waals surface area contributed by atoms with E-state index in [0.717, 1.165) is 12.8 Å². The van der Waals surface area contributed by atoms with Crippen LogP contribution in [0.4, 0.5) is 0 Å². The molecule has 0 fully saturated rings. The third kappa shape index (κ3) is 26.2. The molecule has 0 aliphatic rings. The van der Waals surface area contributed by atoms with Crippen LogP contribution < -0.4 is 0 Å². The van der Waals surface area contributed by atoms with E-state index in [-0.39, 0.29) is 6.61 Å². The standard InChI is InChI=1S/C25H54NO4P/c1-5-6-7-8-9-10-11-12-13-14-15-16-17-18-19-20-21-22-24-29-31(27,28)30-25-23-26(2,3)4/h5-25H2,1-4H3/p+1. The Morgan fingerprint density at radius 3 is 1.26 bits per heavy atom. The van der Waals surface area contributed by atoms with Gasteiger partial charge in [0.2, 0.25) is 0 Å². The second-order valence-electron chi connectivity index (χ2n) is 10.2. The molecule has 1 atom stereocenters. The first-order valence-corrected chi connectivity index (χ1v) is 14.7. The molecule has 0 saturated carbocycles. The van der Waals surface area contributed by atoms with Gasteiger partial charge in [-0.3, -0.25) is 9.05 Å². The van der Waals surface area contributed by atoms with Crippen molar-refractivity contribution < 1.29 is 23.0 Å². The van der Waals surface area contributed by atoms with Crippen LogP contribution in [0.3, 0.4) is 0 Å². The summed E-state index contributed by atoms with van der Waals surface area (Å²) in [5, 5.41) is 0. The van der Waals surface area contributed by atoms with Gasteiger partial charge in [-0.05, 0) is 6.42 Å². The maximum absolute atomic E-state index is 11.8. The van der Waals surface area contributed by atoms with Gasteiger partial charge in [0.25, 0.3) is 0 Å². The van der Waals surface area contributed by atoms with Crippen molar-refractivity contribution in [3.8, 4) is 0 Å². The summed E-state index contributed by atoms with van der Waals surface area (Å²) < 4.78 is 22.6. The molecular formula is C25H55NO4P+. The number of phosphoric ester groups is 1. The number of unbranched alkanes of at least 4 members (excludes halogenated alkanes) is 17. The predicted octanol–water partition coefficient (Wildman–Crippen LogP) is 7.87. The van der Waals surface area contributed by atoms with Gasteiger partial charge in [0.05, 0.1) is 27.7 Å². The number of hydrogen-bond acceptors (Lipinski definition) is 3. The van der Waals surface area contributed by atoms with Crippen LogP contribution in [0.2, 0.25) is 0 Å². The summed E-state index contributed by atoms with van der Waals surface area (Å²) in [4.78, 5) is 9.66. The largest absolute Gasteiger partial charge is 0.472 e. The van der Waals surface area contributed by atoms with Crippen molar-refractivity contribution in [1.29, 1.82) is 0 Å². The average Bonchev–Trinajstić information content (AvgIpc) is 2.68. The lowest BCUT2D eigenvalue weighted by atomic mass is 10.0. The summed E-state index contributed by atoms with van der Waals surface area (Å²) in [7, 11) is 2.17. The van der Waals surface area contributed by atoms with Crippen molar-refractivity contribution in [3.63, 3.8) is 0 Å². The maximum atomic E-state index is 11.8. The fraction of sp³-hybridized carbons (Fsp3) is 1.00. The molecule has 0 aromatic rings. The second-order valence-corrected chi connectivity index (χ2v) is 11.6. The van der Waals surface area contributed by atoms with Crippen molar-refractivity contribution in [2.24, 2.45) is 0 Å². The number of hydrogen-bond donors (Lipinski definition) is 1. The summed E-state index contributed by atoms with van der Waals surface area (Å²) in [6.45, 7) is 3.49. The highest BCUT2D eigenvalue weighted by Crippen LogP contribution is 2.43. The monoisotopic (exact) mass is 464 g/mol. The average molecular weight is 465 g/mol. The van der Waals surface area contributed by atoms with Crippen molar-refractivity contribution in [3.05, 3.63) is 0 Å². The highest BCUT2D eigenvalue weighted by molar-refractivity contribution is 7.47.